The van der Waals surface area contributed by atoms with E-state index in [0.717, 1.165) is 15.8 Å². The Morgan fingerprint density at radius 1 is 1.37 bits per heavy atom. The highest BCUT2D eigenvalue weighted by atomic mass is 32.1. The highest BCUT2D eigenvalue weighted by Gasteiger charge is 2.18. The largest absolute Gasteiger partial charge is 0.360 e. The van der Waals surface area contributed by atoms with Crippen LogP contribution in [0.4, 0.5) is 0 Å². The molecule has 0 saturated heterocycles. The number of benzene rings is 1. The number of aryl methyl sites for hydroxylation is 1. The van der Waals surface area contributed by atoms with Gasteiger partial charge in [0.1, 0.15) is 5.69 Å². The number of ketones is 1. The third-order valence-corrected chi connectivity index (χ3v) is 3.96. The summed E-state index contributed by atoms with van der Waals surface area (Å²) in [6.07, 6.45) is 2.36. The molecule has 0 atom stereocenters. The standard InChI is InChI=1S/C14H10N2O2S/c1-8-12(7-17)16-14(19-8)13(18)10-6-15-11-5-3-2-4-9(10)11/h2-7,15H,1H3. The van der Waals surface area contributed by atoms with Gasteiger partial charge in [-0.3, -0.25) is 9.59 Å². The van der Waals surface area contributed by atoms with E-state index in [2.05, 4.69) is 9.97 Å². The lowest BCUT2D eigenvalue weighted by molar-refractivity contribution is 0.104. The average molecular weight is 270 g/mol. The van der Waals surface area contributed by atoms with Crippen LogP contribution in [0.5, 0.6) is 0 Å². The highest BCUT2D eigenvalue weighted by Crippen LogP contribution is 2.24. The SMILES string of the molecule is Cc1sc(C(=O)c2c[nH]c3ccccc23)nc1C=O. The van der Waals surface area contributed by atoms with Gasteiger partial charge in [0.2, 0.25) is 5.78 Å². The molecule has 0 aliphatic heterocycles. The lowest BCUT2D eigenvalue weighted by Crippen LogP contribution is -2.00. The van der Waals surface area contributed by atoms with Crippen LogP contribution in [0.1, 0.15) is 30.7 Å². The summed E-state index contributed by atoms with van der Waals surface area (Å²) < 4.78 is 0. The summed E-state index contributed by atoms with van der Waals surface area (Å²) in [5.74, 6) is -0.154. The minimum Gasteiger partial charge on any atom is -0.360 e. The van der Waals surface area contributed by atoms with Crippen LogP contribution in [0.15, 0.2) is 30.5 Å². The number of H-pyrrole nitrogens is 1. The smallest absolute Gasteiger partial charge is 0.223 e. The molecular formula is C14H10N2O2S. The molecule has 2 aromatic heterocycles. The van der Waals surface area contributed by atoms with Crippen molar-refractivity contribution in [2.24, 2.45) is 0 Å². The topological polar surface area (TPSA) is 62.8 Å². The summed E-state index contributed by atoms with van der Waals surface area (Å²) in [4.78, 5) is 31.1. The van der Waals surface area contributed by atoms with E-state index in [9.17, 15) is 9.59 Å². The van der Waals surface area contributed by atoms with E-state index in [1.165, 1.54) is 11.3 Å². The van der Waals surface area contributed by atoms with E-state index in [-0.39, 0.29) is 5.78 Å². The van der Waals surface area contributed by atoms with Gasteiger partial charge in [0.15, 0.2) is 11.3 Å². The van der Waals surface area contributed by atoms with Gasteiger partial charge >= 0.3 is 0 Å². The van der Waals surface area contributed by atoms with Crippen molar-refractivity contribution in [3.05, 3.63) is 51.6 Å². The van der Waals surface area contributed by atoms with Crippen molar-refractivity contribution >= 4 is 34.3 Å². The Labute approximate surface area is 113 Å². The van der Waals surface area contributed by atoms with Crippen LogP contribution in [-0.4, -0.2) is 22.0 Å². The van der Waals surface area contributed by atoms with Crippen LogP contribution >= 0.6 is 11.3 Å². The maximum atomic E-state index is 12.4. The second-order valence-electron chi connectivity index (χ2n) is 4.16. The van der Waals surface area contributed by atoms with Crippen LogP contribution in [0.2, 0.25) is 0 Å². The number of carbonyl (C=O) groups is 2. The van der Waals surface area contributed by atoms with Crippen LogP contribution in [0, 0.1) is 6.92 Å². The molecule has 19 heavy (non-hydrogen) atoms. The molecule has 4 nitrogen and oxygen atoms in total. The molecule has 0 saturated carbocycles. The number of fused-ring (bicyclic) bond motifs is 1. The molecule has 0 aliphatic carbocycles. The van der Waals surface area contributed by atoms with Gasteiger partial charge in [-0.05, 0) is 13.0 Å². The van der Waals surface area contributed by atoms with Gasteiger partial charge in [-0.1, -0.05) is 18.2 Å². The first kappa shape index (κ1) is 11.8. The molecule has 94 valence electrons. The number of nitrogens with zero attached hydrogens (tertiary/aromatic N) is 1. The number of para-hydroxylation sites is 1. The third kappa shape index (κ3) is 1.88. The molecule has 0 aliphatic rings. The van der Waals surface area contributed by atoms with E-state index in [4.69, 9.17) is 0 Å². The number of carbonyl (C=O) groups excluding carboxylic acids is 2. The van der Waals surface area contributed by atoms with Crippen LogP contribution in [0.3, 0.4) is 0 Å². The minimum atomic E-state index is -0.154. The summed E-state index contributed by atoms with van der Waals surface area (Å²) in [6.45, 7) is 1.79. The summed E-state index contributed by atoms with van der Waals surface area (Å²) in [7, 11) is 0. The van der Waals surface area contributed by atoms with Crippen molar-refractivity contribution in [1.29, 1.82) is 0 Å². The second kappa shape index (κ2) is 4.44. The Hall–Kier alpha value is -2.27. The van der Waals surface area contributed by atoms with Crippen LogP contribution < -0.4 is 0 Å². The predicted molar refractivity (Wildman–Crippen MR) is 74.0 cm³/mol. The van der Waals surface area contributed by atoms with Gasteiger partial charge in [-0.2, -0.15) is 0 Å². The van der Waals surface area contributed by atoms with Gasteiger partial charge in [0.25, 0.3) is 0 Å². The molecule has 1 N–H and O–H groups in total. The molecule has 0 bridgehead atoms. The van der Waals surface area contributed by atoms with Crippen molar-refractivity contribution in [3.63, 3.8) is 0 Å². The molecule has 0 unspecified atom stereocenters. The molecule has 0 spiro atoms. The van der Waals surface area contributed by atoms with E-state index in [0.29, 0.717) is 22.6 Å². The van der Waals surface area contributed by atoms with Gasteiger partial charge in [-0.15, -0.1) is 11.3 Å². The van der Waals surface area contributed by atoms with Crippen molar-refractivity contribution in [3.8, 4) is 0 Å². The molecule has 0 amide bonds. The summed E-state index contributed by atoms with van der Waals surface area (Å²) >= 11 is 1.25. The number of aldehydes is 1. The fourth-order valence-corrected chi connectivity index (χ4v) is 2.82. The number of hydrogen-bond acceptors (Lipinski definition) is 4. The maximum absolute atomic E-state index is 12.4. The number of rotatable bonds is 3. The van der Waals surface area contributed by atoms with Crippen molar-refractivity contribution in [2.75, 3.05) is 0 Å². The maximum Gasteiger partial charge on any atom is 0.223 e. The molecule has 1 aromatic carbocycles. The number of nitrogens with one attached hydrogen (secondary N) is 1. The molecule has 0 fully saturated rings. The van der Waals surface area contributed by atoms with Crippen LogP contribution in [0.25, 0.3) is 10.9 Å². The quantitative estimate of drug-likeness (QED) is 0.588. The van der Waals surface area contributed by atoms with E-state index in [1.54, 1.807) is 13.1 Å². The first-order valence-corrected chi connectivity index (χ1v) is 6.56. The van der Waals surface area contributed by atoms with Crippen LogP contribution in [-0.2, 0) is 0 Å². The first-order chi connectivity index (χ1) is 9.20. The zero-order chi connectivity index (χ0) is 13.4. The zero-order valence-corrected chi connectivity index (χ0v) is 11.0. The molecule has 0 radical (unpaired) electrons. The second-order valence-corrected chi connectivity index (χ2v) is 5.36. The highest BCUT2D eigenvalue weighted by molar-refractivity contribution is 7.14. The van der Waals surface area contributed by atoms with Gasteiger partial charge < -0.3 is 4.98 Å². The van der Waals surface area contributed by atoms with E-state index in [1.807, 2.05) is 24.3 Å². The van der Waals surface area contributed by atoms with E-state index < -0.39 is 0 Å². The van der Waals surface area contributed by atoms with Gasteiger partial charge in [-0.25, -0.2) is 4.98 Å². The van der Waals surface area contributed by atoms with Crippen molar-refractivity contribution in [1.82, 2.24) is 9.97 Å². The first-order valence-electron chi connectivity index (χ1n) is 5.74. The fourth-order valence-electron chi connectivity index (χ4n) is 1.99. The number of thiazole rings is 1. The molecular weight excluding hydrogens is 260 g/mol. The Morgan fingerprint density at radius 2 is 2.16 bits per heavy atom. The normalized spacial score (nSPS) is 10.8. The Bertz CT molecular complexity index is 786. The Balaban J connectivity index is 2.10. The van der Waals surface area contributed by atoms with Gasteiger partial charge in [0.05, 0.1) is 5.56 Å². The number of hydrogen-bond donors (Lipinski definition) is 1. The Kier molecular flexibility index (Phi) is 2.76. The van der Waals surface area contributed by atoms with Crippen molar-refractivity contribution in [2.45, 2.75) is 6.92 Å². The number of aromatic nitrogens is 2. The molecule has 3 aromatic rings. The average Bonchev–Trinajstić information content (AvgIpc) is 3.01. The lowest BCUT2D eigenvalue weighted by atomic mass is 10.1. The minimum absolute atomic E-state index is 0.154. The molecule has 5 heteroatoms. The summed E-state index contributed by atoms with van der Waals surface area (Å²) in [6, 6.07) is 7.60. The Morgan fingerprint density at radius 3 is 2.89 bits per heavy atom. The van der Waals surface area contributed by atoms with Gasteiger partial charge in [0, 0.05) is 22.0 Å². The lowest BCUT2D eigenvalue weighted by Gasteiger charge is -1.94. The fraction of sp³-hybridized carbons (Fsp3) is 0.0714. The predicted octanol–water partition coefficient (Wildman–Crippen LogP) is 2.98. The zero-order valence-electron chi connectivity index (χ0n) is 10.1. The summed E-state index contributed by atoms with van der Waals surface area (Å²) in [5.41, 5.74) is 1.84. The molecule has 2 heterocycles. The van der Waals surface area contributed by atoms with Crippen molar-refractivity contribution < 1.29 is 9.59 Å². The monoisotopic (exact) mass is 270 g/mol. The third-order valence-electron chi connectivity index (χ3n) is 2.97. The number of aromatic amines is 1. The molecule has 3 rings (SSSR count). The summed E-state index contributed by atoms with van der Waals surface area (Å²) in [5, 5.41) is 1.22. The van der Waals surface area contributed by atoms with E-state index >= 15 is 0 Å².